The van der Waals surface area contributed by atoms with Crippen LogP contribution in [0, 0.1) is 0 Å². The van der Waals surface area contributed by atoms with Crippen molar-refractivity contribution in [2.45, 2.75) is 31.3 Å². The van der Waals surface area contributed by atoms with E-state index in [0.717, 1.165) is 18.4 Å². The number of nitrogens with two attached hydrogens (primary N) is 1. The molecule has 0 radical (unpaired) electrons. The lowest BCUT2D eigenvalue weighted by Crippen LogP contribution is -2.38. The molecule has 3 nitrogen and oxygen atoms in total. The lowest BCUT2D eigenvalue weighted by atomic mass is 9.97. The first kappa shape index (κ1) is 14.3. The first-order valence-corrected chi connectivity index (χ1v) is 8.30. The number of rotatable bonds is 6. The molecule has 3 rings (SSSR count). The maximum Gasteiger partial charge on any atom is 0.231 e. The van der Waals surface area contributed by atoms with E-state index in [2.05, 4.69) is 16.8 Å². The molecule has 1 fully saturated rings. The topological polar surface area (TPSA) is 46.3 Å². The molecule has 4 heteroatoms. The summed E-state index contributed by atoms with van der Waals surface area (Å²) in [6.45, 7) is 1.06. The molecule has 0 spiro atoms. The summed E-state index contributed by atoms with van der Waals surface area (Å²) >= 11 is 1.67. The second-order valence-corrected chi connectivity index (χ2v) is 6.31. The Morgan fingerprint density at radius 1 is 1.29 bits per heavy atom. The molecule has 1 aliphatic carbocycles. The van der Waals surface area contributed by atoms with Gasteiger partial charge in [0.25, 0.3) is 0 Å². The minimum atomic E-state index is -0.231. The first-order chi connectivity index (χ1) is 10.3. The van der Waals surface area contributed by atoms with E-state index in [1.54, 1.807) is 11.3 Å². The SMILES string of the molecule is NCC(C(=O)N(Cc1ccsc1)C1CC1)c1ccccc1. The fourth-order valence-corrected chi connectivity index (χ4v) is 3.28. The Hall–Kier alpha value is -1.65. The van der Waals surface area contributed by atoms with Gasteiger partial charge < -0.3 is 10.6 Å². The van der Waals surface area contributed by atoms with E-state index in [0.29, 0.717) is 19.1 Å². The minimum absolute atomic E-state index is 0.164. The van der Waals surface area contributed by atoms with E-state index in [4.69, 9.17) is 5.73 Å². The van der Waals surface area contributed by atoms with E-state index in [9.17, 15) is 4.79 Å². The normalized spacial score (nSPS) is 15.7. The summed E-state index contributed by atoms with van der Waals surface area (Å²) in [5, 5.41) is 4.17. The molecule has 1 aromatic carbocycles. The molecule has 110 valence electrons. The van der Waals surface area contributed by atoms with Crippen molar-refractivity contribution in [2.24, 2.45) is 5.73 Å². The van der Waals surface area contributed by atoms with Gasteiger partial charge in [0.1, 0.15) is 0 Å². The summed E-state index contributed by atoms with van der Waals surface area (Å²) in [5.41, 5.74) is 8.12. The Kier molecular flexibility index (Phi) is 4.36. The van der Waals surface area contributed by atoms with Crippen molar-refractivity contribution in [1.29, 1.82) is 0 Å². The third kappa shape index (κ3) is 3.34. The monoisotopic (exact) mass is 300 g/mol. The molecule has 0 bridgehead atoms. The number of carbonyl (C=O) groups excluding carboxylic acids is 1. The van der Waals surface area contributed by atoms with Crippen LogP contribution in [0.15, 0.2) is 47.2 Å². The number of hydrogen-bond donors (Lipinski definition) is 1. The van der Waals surface area contributed by atoms with Gasteiger partial charge >= 0.3 is 0 Å². The maximum atomic E-state index is 12.9. The van der Waals surface area contributed by atoms with Gasteiger partial charge in [-0.1, -0.05) is 30.3 Å². The van der Waals surface area contributed by atoms with Crippen LogP contribution in [0.25, 0.3) is 0 Å². The number of benzene rings is 1. The fourth-order valence-electron chi connectivity index (χ4n) is 2.62. The predicted octanol–water partition coefficient (Wildman–Crippen LogP) is 2.98. The van der Waals surface area contributed by atoms with Gasteiger partial charge in [-0.25, -0.2) is 0 Å². The number of amides is 1. The molecule has 1 heterocycles. The average Bonchev–Trinajstić information content (AvgIpc) is 3.23. The van der Waals surface area contributed by atoms with Crippen LogP contribution in [-0.2, 0) is 11.3 Å². The zero-order valence-electron chi connectivity index (χ0n) is 11.9. The Labute approximate surface area is 129 Å². The predicted molar refractivity (Wildman–Crippen MR) is 86.1 cm³/mol. The van der Waals surface area contributed by atoms with Crippen LogP contribution in [0.1, 0.15) is 29.9 Å². The highest BCUT2D eigenvalue weighted by Gasteiger charge is 2.35. The highest BCUT2D eigenvalue weighted by atomic mass is 32.1. The largest absolute Gasteiger partial charge is 0.335 e. The molecular weight excluding hydrogens is 280 g/mol. The van der Waals surface area contributed by atoms with Crippen LogP contribution < -0.4 is 5.73 Å². The molecule has 1 aromatic heterocycles. The zero-order valence-corrected chi connectivity index (χ0v) is 12.8. The fraction of sp³-hybridized carbons (Fsp3) is 0.353. The molecule has 1 amide bonds. The summed E-state index contributed by atoms with van der Waals surface area (Å²) in [6, 6.07) is 12.4. The Morgan fingerprint density at radius 3 is 2.62 bits per heavy atom. The van der Waals surface area contributed by atoms with Crippen molar-refractivity contribution in [1.82, 2.24) is 4.90 Å². The van der Waals surface area contributed by atoms with Crippen LogP contribution >= 0.6 is 11.3 Å². The molecule has 21 heavy (non-hydrogen) atoms. The van der Waals surface area contributed by atoms with Crippen molar-refractivity contribution >= 4 is 17.2 Å². The van der Waals surface area contributed by atoms with E-state index in [1.807, 2.05) is 35.2 Å². The summed E-state index contributed by atoms with van der Waals surface area (Å²) in [4.78, 5) is 15.0. The second kappa shape index (κ2) is 6.41. The highest BCUT2D eigenvalue weighted by Crippen LogP contribution is 2.31. The molecule has 2 N–H and O–H groups in total. The Morgan fingerprint density at radius 2 is 2.05 bits per heavy atom. The summed E-state index contributed by atoms with van der Waals surface area (Å²) in [6.07, 6.45) is 2.23. The zero-order chi connectivity index (χ0) is 14.7. The molecule has 1 aliphatic rings. The molecule has 1 unspecified atom stereocenters. The van der Waals surface area contributed by atoms with Crippen molar-refractivity contribution in [2.75, 3.05) is 6.54 Å². The van der Waals surface area contributed by atoms with E-state index in [-0.39, 0.29) is 11.8 Å². The maximum absolute atomic E-state index is 12.9. The highest BCUT2D eigenvalue weighted by molar-refractivity contribution is 7.07. The van der Waals surface area contributed by atoms with Gasteiger partial charge in [0.05, 0.1) is 5.92 Å². The van der Waals surface area contributed by atoms with Gasteiger partial charge in [0, 0.05) is 19.1 Å². The van der Waals surface area contributed by atoms with Crippen LogP contribution in [0.4, 0.5) is 0 Å². The number of nitrogens with zero attached hydrogens (tertiary/aromatic N) is 1. The third-order valence-corrected chi connectivity index (χ3v) is 4.67. The summed E-state index contributed by atoms with van der Waals surface area (Å²) < 4.78 is 0. The Bertz CT molecular complexity index is 578. The van der Waals surface area contributed by atoms with E-state index in [1.165, 1.54) is 5.56 Å². The van der Waals surface area contributed by atoms with Gasteiger partial charge in [0.15, 0.2) is 0 Å². The van der Waals surface area contributed by atoms with Crippen molar-refractivity contribution in [3.63, 3.8) is 0 Å². The molecule has 0 aliphatic heterocycles. The summed E-state index contributed by atoms with van der Waals surface area (Å²) in [5.74, 6) is -0.0668. The molecular formula is C17H20N2OS. The van der Waals surface area contributed by atoms with Crippen LogP contribution in [0.5, 0.6) is 0 Å². The van der Waals surface area contributed by atoms with Crippen LogP contribution in [-0.4, -0.2) is 23.4 Å². The quantitative estimate of drug-likeness (QED) is 0.891. The van der Waals surface area contributed by atoms with Crippen molar-refractivity contribution in [3.8, 4) is 0 Å². The first-order valence-electron chi connectivity index (χ1n) is 7.36. The van der Waals surface area contributed by atoms with Gasteiger partial charge in [-0.3, -0.25) is 4.79 Å². The Balaban J connectivity index is 1.79. The lowest BCUT2D eigenvalue weighted by Gasteiger charge is -2.27. The number of hydrogen-bond acceptors (Lipinski definition) is 3. The third-order valence-electron chi connectivity index (χ3n) is 3.94. The molecule has 0 saturated heterocycles. The van der Waals surface area contributed by atoms with Crippen molar-refractivity contribution in [3.05, 3.63) is 58.3 Å². The van der Waals surface area contributed by atoms with E-state index < -0.39 is 0 Å². The molecule has 2 aromatic rings. The van der Waals surface area contributed by atoms with Crippen LogP contribution in [0.2, 0.25) is 0 Å². The molecule has 1 atom stereocenters. The van der Waals surface area contributed by atoms with Gasteiger partial charge in [0.2, 0.25) is 5.91 Å². The average molecular weight is 300 g/mol. The minimum Gasteiger partial charge on any atom is -0.335 e. The van der Waals surface area contributed by atoms with Gasteiger partial charge in [-0.05, 0) is 40.8 Å². The standard InChI is InChI=1S/C17H20N2OS/c18-10-16(14-4-2-1-3-5-14)17(20)19(15-6-7-15)11-13-8-9-21-12-13/h1-5,8-9,12,15-16H,6-7,10-11,18H2. The number of thiophene rings is 1. The van der Waals surface area contributed by atoms with Gasteiger partial charge in [-0.15, -0.1) is 0 Å². The van der Waals surface area contributed by atoms with Crippen molar-refractivity contribution < 1.29 is 4.79 Å². The smallest absolute Gasteiger partial charge is 0.231 e. The van der Waals surface area contributed by atoms with Gasteiger partial charge in [-0.2, -0.15) is 11.3 Å². The van der Waals surface area contributed by atoms with E-state index >= 15 is 0 Å². The lowest BCUT2D eigenvalue weighted by molar-refractivity contribution is -0.133. The molecule has 1 saturated carbocycles. The number of carbonyl (C=O) groups is 1. The summed E-state index contributed by atoms with van der Waals surface area (Å²) in [7, 11) is 0. The van der Waals surface area contributed by atoms with Crippen LogP contribution in [0.3, 0.4) is 0 Å². The second-order valence-electron chi connectivity index (χ2n) is 5.53.